The fourth-order valence-electron chi connectivity index (χ4n) is 2.56. The van der Waals surface area contributed by atoms with Crippen LogP contribution in [-0.4, -0.2) is 39.5 Å². The van der Waals surface area contributed by atoms with Crippen molar-refractivity contribution in [2.75, 3.05) is 12.8 Å². The Balaban J connectivity index is 1.85. The zero-order chi connectivity index (χ0) is 20.8. The summed E-state index contributed by atoms with van der Waals surface area (Å²) in [6.45, 7) is 2.03. The van der Waals surface area contributed by atoms with Gasteiger partial charge in [-0.25, -0.2) is 4.79 Å². The van der Waals surface area contributed by atoms with Crippen LogP contribution in [-0.2, 0) is 4.79 Å². The molecule has 0 aliphatic rings. The Morgan fingerprint density at radius 1 is 1.07 bits per heavy atom. The van der Waals surface area contributed by atoms with Gasteiger partial charge in [-0.05, 0) is 31.2 Å². The van der Waals surface area contributed by atoms with Gasteiger partial charge in [0, 0.05) is 35.5 Å². The summed E-state index contributed by atoms with van der Waals surface area (Å²) in [4.78, 5) is 23.0. The van der Waals surface area contributed by atoms with Gasteiger partial charge in [0.2, 0.25) is 5.91 Å². The van der Waals surface area contributed by atoms with Gasteiger partial charge in [0.15, 0.2) is 11.0 Å². The predicted molar refractivity (Wildman–Crippen MR) is 114 cm³/mol. The lowest BCUT2D eigenvalue weighted by atomic mass is 10.1. The van der Waals surface area contributed by atoms with Gasteiger partial charge in [0.05, 0.1) is 0 Å². The average Bonchev–Trinajstić information content (AvgIpc) is 3.13. The Hall–Kier alpha value is -2.84. The molecule has 0 aliphatic carbocycles. The van der Waals surface area contributed by atoms with Gasteiger partial charge in [0.1, 0.15) is 0 Å². The quantitative estimate of drug-likeness (QED) is 0.581. The second-order valence-electron chi connectivity index (χ2n) is 6.21. The Kier molecular flexibility index (Phi) is 6.90. The average molecular weight is 430 g/mol. The summed E-state index contributed by atoms with van der Waals surface area (Å²) in [5.41, 5.74) is 2.96. The molecule has 150 valence electrons. The first-order valence-corrected chi connectivity index (χ1v) is 10.3. The summed E-state index contributed by atoms with van der Waals surface area (Å²) in [6, 6.07) is 14.9. The Morgan fingerprint density at radius 3 is 2.41 bits per heavy atom. The number of imide groups is 1. The van der Waals surface area contributed by atoms with E-state index in [2.05, 4.69) is 20.8 Å². The van der Waals surface area contributed by atoms with Crippen LogP contribution in [0.25, 0.3) is 17.1 Å². The minimum Gasteiger partial charge on any atom is -0.341 e. The summed E-state index contributed by atoms with van der Waals surface area (Å²) >= 11 is 7.43. The molecule has 0 aliphatic heterocycles. The monoisotopic (exact) mass is 429 g/mol. The number of rotatable bonds is 6. The van der Waals surface area contributed by atoms with Crippen LogP contribution in [0.3, 0.4) is 0 Å². The van der Waals surface area contributed by atoms with Crippen molar-refractivity contribution < 1.29 is 9.59 Å². The first kappa shape index (κ1) is 20.9. The van der Waals surface area contributed by atoms with E-state index in [0.29, 0.717) is 21.8 Å². The standard InChI is InChI=1S/C20H20ClN5O2S/c1-13-3-5-14(6-4-13)18-24-25-20(26(18)16-9-7-15(21)8-10-16)29-12-11-17(27)23-19(28)22-2/h3-10H,11-12H2,1-2H3,(H2,22,23,27,28). The van der Waals surface area contributed by atoms with Crippen LogP contribution in [0.2, 0.25) is 5.02 Å². The minimum atomic E-state index is -0.522. The number of nitrogens with one attached hydrogen (secondary N) is 2. The van der Waals surface area contributed by atoms with Gasteiger partial charge < -0.3 is 5.32 Å². The fraction of sp³-hybridized carbons (Fsp3) is 0.200. The molecule has 0 fully saturated rings. The van der Waals surface area contributed by atoms with E-state index in [1.54, 1.807) is 12.1 Å². The maximum atomic E-state index is 11.8. The Labute approximate surface area is 177 Å². The fourth-order valence-corrected chi connectivity index (χ4v) is 3.58. The number of amides is 3. The molecule has 2 N–H and O–H groups in total. The van der Waals surface area contributed by atoms with Gasteiger partial charge >= 0.3 is 6.03 Å². The molecular weight excluding hydrogens is 410 g/mol. The number of thioether (sulfide) groups is 1. The minimum absolute atomic E-state index is 0.172. The molecule has 0 atom stereocenters. The molecule has 0 saturated carbocycles. The molecule has 1 aromatic heterocycles. The topological polar surface area (TPSA) is 88.9 Å². The largest absolute Gasteiger partial charge is 0.341 e. The van der Waals surface area contributed by atoms with E-state index in [4.69, 9.17) is 11.6 Å². The van der Waals surface area contributed by atoms with Crippen LogP contribution in [0.4, 0.5) is 4.79 Å². The van der Waals surface area contributed by atoms with Crippen LogP contribution >= 0.6 is 23.4 Å². The second kappa shape index (κ2) is 9.58. The number of aromatic nitrogens is 3. The van der Waals surface area contributed by atoms with Crippen LogP contribution in [0.1, 0.15) is 12.0 Å². The van der Waals surface area contributed by atoms with Crippen molar-refractivity contribution in [3.8, 4) is 17.1 Å². The van der Waals surface area contributed by atoms with Crippen molar-refractivity contribution in [1.82, 2.24) is 25.4 Å². The smallest absolute Gasteiger partial charge is 0.321 e. The molecule has 3 amide bonds. The van der Waals surface area contributed by atoms with Crippen molar-refractivity contribution in [3.63, 3.8) is 0 Å². The van der Waals surface area contributed by atoms with Gasteiger partial charge in [-0.2, -0.15) is 0 Å². The van der Waals surface area contributed by atoms with Gasteiger partial charge in [-0.3, -0.25) is 14.7 Å². The third kappa shape index (κ3) is 5.36. The molecule has 3 aromatic rings. The molecule has 9 heteroatoms. The Morgan fingerprint density at radius 2 is 1.76 bits per heavy atom. The van der Waals surface area contributed by atoms with Crippen molar-refractivity contribution in [1.29, 1.82) is 0 Å². The van der Waals surface area contributed by atoms with Crippen molar-refractivity contribution in [3.05, 3.63) is 59.1 Å². The highest BCUT2D eigenvalue weighted by molar-refractivity contribution is 7.99. The van der Waals surface area contributed by atoms with Crippen LogP contribution in [0.15, 0.2) is 53.7 Å². The summed E-state index contributed by atoms with van der Waals surface area (Å²) in [5.74, 6) is 0.792. The first-order chi connectivity index (χ1) is 14.0. The van der Waals surface area contributed by atoms with E-state index in [-0.39, 0.29) is 12.3 Å². The number of halogens is 1. The first-order valence-electron chi connectivity index (χ1n) is 8.90. The SMILES string of the molecule is CNC(=O)NC(=O)CCSc1nnc(-c2ccc(C)cc2)n1-c1ccc(Cl)cc1. The van der Waals surface area contributed by atoms with E-state index in [9.17, 15) is 9.59 Å². The molecule has 0 saturated heterocycles. The molecule has 0 radical (unpaired) electrons. The lowest BCUT2D eigenvalue weighted by molar-refractivity contribution is -0.119. The highest BCUT2D eigenvalue weighted by Crippen LogP contribution is 2.29. The normalized spacial score (nSPS) is 10.6. The molecule has 0 bridgehead atoms. The maximum absolute atomic E-state index is 11.8. The van der Waals surface area contributed by atoms with Crippen LogP contribution in [0.5, 0.6) is 0 Å². The molecular formula is C20H20ClN5O2S. The van der Waals surface area contributed by atoms with Gasteiger partial charge in [-0.1, -0.05) is 53.2 Å². The third-order valence-electron chi connectivity index (χ3n) is 4.07. The summed E-state index contributed by atoms with van der Waals surface area (Å²) in [7, 11) is 1.46. The van der Waals surface area contributed by atoms with Crippen molar-refractivity contribution in [2.45, 2.75) is 18.5 Å². The highest BCUT2D eigenvalue weighted by atomic mass is 35.5. The Bertz CT molecular complexity index is 1000. The number of hydrogen-bond donors (Lipinski definition) is 2. The molecule has 29 heavy (non-hydrogen) atoms. The van der Waals surface area contributed by atoms with E-state index < -0.39 is 6.03 Å². The second-order valence-corrected chi connectivity index (χ2v) is 7.71. The van der Waals surface area contributed by atoms with Gasteiger partial charge in [-0.15, -0.1) is 10.2 Å². The van der Waals surface area contributed by atoms with E-state index in [1.165, 1.54) is 18.8 Å². The number of carbonyl (C=O) groups is 2. The number of aryl methyl sites for hydroxylation is 1. The van der Waals surface area contributed by atoms with E-state index in [1.807, 2.05) is 47.9 Å². The number of carbonyl (C=O) groups excluding carboxylic acids is 2. The maximum Gasteiger partial charge on any atom is 0.321 e. The number of urea groups is 1. The van der Waals surface area contributed by atoms with Crippen molar-refractivity contribution >= 4 is 35.3 Å². The van der Waals surface area contributed by atoms with Crippen LogP contribution in [0, 0.1) is 6.92 Å². The van der Waals surface area contributed by atoms with E-state index in [0.717, 1.165) is 16.8 Å². The summed E-state index contributed by atoms with van der Waals surface area (Å²) in [5, 5.41) is 14.6. The summed E-state index contributed by atoms with van der Waals surface area (Å²) in [6.07, 6.45) is 0.172. The molecule has 1 heterocycles. The molecule has 3 rings (SSSR count). The molecule has 0 unspecified atom stereocenters. The van der Waals surface area contributed by atoms with E-state index >= 15 is 0 Å². The zero-order valence-corrected chi connectivity index (χ0v) is 17.5. The zero-order valence-electron chi connectivity index (χ0n) is 16.0. The molecule has 2 aromatic carbocycles. The van der Waals surface area contributed by atoms with Crippen molar-refractivity contribution in [2.24, 2.45) is 0 Å². The highest BCUT2D eigenvalue weighted by Gasteiger charge is 2.17. The molecule has 7 nitrogen and oxygen atoms in total. The van der Waals surface area contributed by atoms with Gasteiger partial charge in [0.25, 0.3) is 0 Å². The summed E-state index contributed by atoms with van der Waals surface area (Å²) < 4.78 is 1.93. The molecule has 0 spiro atoms. The van der Waals surface area contributed by atoms with Crippen LogP contribution < -0.4 is 10.6 Å². The lowest BCUT2D eigenvalue weighted by Gasteiger charge is -2.11. The number of benzene rings is 2. The number of nitrogens with zero attached hydrogens (tertiary/aromatic N) is 3. The lowest BCUT2D eigenvalue weighted by Crippen LogP contribution is -2.37. The number of hydrogen-bond acceptors (Lipinski definition) is 5. The third-order valence-corrected chi connectivity index (χ3v) is 5.25. The predicted octanol–water partition coefficient (Wildman–Crippen LogP) is 3.83.